The number of esters is 1. The number of ether oxygens (including phenoxy) is 2. The van der Waals surface area contributed by atoms with Crippen LogP contribution in [0.15, 0.2) is 0 Å². The molecule has 3 fully saturated rings. The van der Waals surface area contributed by atoms with Gasteiger partial charge in [0.15, 0.2) is 0 Å². The van der Waals surface area contributed by atoms with E-state index >= 15 is 0 Å². The van der Waals surface area contributed by atoms with Gasteiger partial charge in [-0.15, -0.1) is 0 Å². The molecule has 7 atom stereocenters. The van der Waals surface area contributed by atoms with Gasteiger partial charge in [0.2, 0.25) is 12.1 Å². The molecule has 2 heterocycles. The average molecular weight is 284 g/mol. The topological polar surface area (TPSA) is 65.0 Å². The molecule has 1 aliphatic carbocycles. The van der Waals surface area contributed by atoms with Crippen molar-refractivity contribution in [2.45, 2.75) is 58.5 Å². The van der Waals surface area contributed by atoms with Gasteiger partial charge in [0.1, 0.15) is 0 Å². The van der Waals surface area contributed by atoms with Crippen LogP contribution in [0.2, 0.25) is 0 Å². The molecule has 2 unspecified atom stereocenters. The van der Waals surface area contributed by atoms with Crippen molar-refractivity contribution in [3.05, 3.63) is 0 Å². The van der Waals surface area contributed by atoms with Gasteiger partial charge in [0.25, 0.3) is 0 Å². The molecule has 0 radical (unpaired) electrons. The Morgan fingerprint density at radius 3 is 2.70 bits per heavy atom. The lowest BCUT2D eigenvalue weighted by Crippen LogP contribution is -2.52. The Labute approximate surface area is 119 Å². The van der Waals surface area contributed by atoms with Crippen LogP contribution >= 0.6 is 0 Å². The summed E-state index contributed by atoms with van der Waals surface area (Å²) in [6.07, 6.45) is 3.16. The van der Waals surface area contributed by atoms with Crippen molar-refractivity contribution in [1.82, 2.24) is 0 Å². The summed E-state index contributed by atoms with van der Waals surface area (Å²) in [6.45, 7) is 5.93. The van der Waals surface area contributed by atoms with Crippen LogP contribution in [0.4, 0.5) is 0 Å². The van der Waals surface area contributed by atoms with E-state index in [2.05, 4.69) is 11.8 Å². The van der Waals surface area contributed by atoms with Crippen molar-refractivity contribution in [3.63, 3.8) is 0 Å². The van der Waals surface area contributed by atoms with Crippen LogP contribution in [0.1, 0.15) is 46.5 Å². The summed E-state index contributed by atoms with van der Waals surface area (Å²) in [5, 5.41) is 9.12. The summed E-state index contributed by atoms with van der Waals surface area (Å²) in [6, 6.07) is 0. The van der Waals surface area contributed by atoms with Crippen molar-refractivity contribution in [3.8, 4) is 0 Å². The van der Waals surface area contributed by atoms with Crippen molar-refractivity contribution < 1.29 is 24.4 Å². The second-order valence-corrected chi connectivity index (χ2v) is 6.94. The molecular weight excluding hydrogens is 260 g/mol. The molecule has 0 aromatic heterocycles. The Morgan fingerprint density at radius 1 is 1.25 bits per heavy atom. The second kappa shape index (κ2) is 4.97. The molecular formula is C15H24O5. The summed E-state index contributed by atoms with van der Waals surface area (Å²) in [5.74, 6) is 0.277. The van der Waals surface area contributed by atoms with Gasteiger partial charge in [-0.1, -0.05) is 20.3 Å². The maximum Gasteiger partial charge on any atom is 0.311 e. The van der Waals surface area contributed by atoms with E-state index in [1.807, 2.05) is 6.92 Å². The highest BCUT2D eigenvalue weighted by Gasteiger charge is 2.54. The van der Waals surface area contributed by atoms with Crippen molar-refractivity contribution >= 4 is 5.97 Å². The second-order valence-electron chi connectivity index (χ2n) is 6.94. The van der Waals surface area contributed by atoms with Gasteiger partial charge in [-0.05, 0) is 37.5 Å². The summed E-state index contributed by atoms with van der Waals surface area (Å²) in [4.78, 5) is 16.6. The first kappa shape index (κ1) is 14.3. The highest BCUT2D eigenvalue weighted by Crippen LogP contribution is 2.52. The zero-order valence-corrected chi connectivity index (χ0v) is 12.4. The third-order valence-electron chi connectivity index (χ3n) is 5.73. The first-order chi connectivity index (χ1) is 9.45. The minimum absolute atomic E-state index is 0.0609. The fraction of sp³-hybridized carbons (Fsp3) is 0.933. The van der Waals surface area contributed by atoms with E-state index in [9.17, 15) is 4.79 Å². The molecule has 1 N–H and O–H groups in total. The zero-order chi connectivity index (χ0) is 14.5. The molecule has 20 heavy (non-hydrogen) atoms. The Hall–Kier alpha value is -0.650. The van der Waals surface area contributed by atoms with E-state index in [0.717, 1.165) is 19.3 Å². The van der Waals surface area contributed by atoms with Crippen LogP contribution in [0.5, 0.6) is 0 Å². The van der Waals surface area contributed by atoms with E-state index in [1.54, 1.807) is 6.92 Å². The Morgan fingerprint density at radius 2 is 2.00 bits per heavy atom. The molecule has 3 aliphatic rings. The minimum Gasteiger partial charge on any atom is -0.435 e. The number of rotatable bonds is 1. The van der Waals surface area contributed by atoms with Crippen LogP contribution in [0, 0.1) is 29.6 Å². The SMILES string of the molecule is C[C@@H]1CC[C@@H]2C3[C@H](OC(=O)[C@@H]2C)OC(C)(OO)CC[C@H]31. The van der Waals surface area contributed by atoms with E-state index in [1.165, 1.54) is 0 Å². The molecule has 0 spiro atoms. The molecule has 5 nitrogen and oxygen atoms in total. The predicted molar refractivity (Wildman–Crippen MR) is 70.3 cm³/mol. The van der Waals surface area contributed by atoms with Crippen LogP contribution < -0.4 is 0 Å². The van der Waals surface area contributed by atoms with E-state index in [0.29, 0.717) is 24.2 Å². The number of carbonyl (C=O) groups excluding carboxylic acids is 1. The average Bonchev–Trinajstić information content (AvgIpc) is 2.57. The lowest BCUT2D eigenvalue weighted by Gasteiger charge is -2.48. The third kappa shape index (κ3) is 2.16. The molecule has 0 amide bonds. The van der Waals surface area contributed by atoms with Gasteiger partial charge < -0.3 is 9.47 Å². The van der Waals surface area contributed by atoms with Crippen LogP contribution in [0.3, 0.4) is 0 Å². The minimum atomic E-state index is -1.08. The van der Waals surface area contributed by atoms with E-state index in [4.69, 9.17) is 14.7 Å². The van der Waals surface area contributed by atoms with Gasteiger partial charge in [-0.3, -0.25) is 4.79 Å². The number of hydrogen-bond donors (Lipinski definition) is 1. The van der Waals surface area contributed by atoms with Gasteiger partial charge >= 0.3 is 5.97 Å². The summed E-state index contributed by atoms with van der Waals surface area (Å²) in [7, 11) is 0. The molecule has 0 aromatic carbocycles. The van der Waals surface area contributed by atoms with Crippen molar-refractivity contribution in [1.29, 1.82) is 0 Å². The lowest BCUT2D eigenvalue weighted by atomic mass is 9.61. The van der Waals surface area contributed by atoms with Crippen molar-refractivity contribution in [2.75, 3.05) is 0 Å². The predicted octanol–water partition coefficient (Wildman–Crippen LogP) is 2.80. The molecule has 114 valence electrons. The summed E-state index contributed by atoms with van der Waals surface area (Å²) < 4.78 is 11.4. The van der Waals surface area contributed by atoms with Crippen LogP contribution in [0.25, 0.3) is 0 Å². The van der Waals surface area contributed by atoms with Crippen LogP contribution in [-0.4, -0.2) is 23.3 Å². The monoisotopic (exact) mass is 284 g/mol. The Bertz CT molecular complexity index is 398. The molecule has 2 saturated heterocycles. The Kier molecular flexibility index (Phi) is 3.55. The Balaban J connectivity index is 1.94. The molecule has 2 aliphatic heterocycles. The van der Waals surface area contributed by atoms with Crippen molar-refractivity contribution in [2.24, 2.45) is 29.6 Å². The smallest absolute Gasteiger partial charge is 0.311 e. The fourth-order valence-electron chi connectivity index (χ4n) is 4.40. The fourth-order valence-corrected chi connectivity index (χ4v) is 4.40. The molecule has 5 heteroatoms. The number of carbonyl (C=O) groups is 1. The summed E-state index contributed by atoms with van der Waals surface area (Å²) >= 11 is 0. The first-order valence-electron chi connectivity index (χ1n) is 7.66. The van der Waals surface area contributed by atoms with Gasteiger partial charge in [0.05, 0.1) is 5.92 Å². The lowest BCUT2D eigenvalue weighted by molar-refractivity contribution is -0.425. The molecule has 1 saturated carbocycles. The number of hydrogen-bond acceptors (Lipinski definition) is 5. The third-order valence-corrected chi connectivity index (χ3v) is 5.73. The molecule has 0 aromatic rings. The van der Waals surface area contributed by atoms with E-state index < -0.39 is 12.1 Å². The maximum absolute atomic E-state index is 12.0. The molecule has 3 rings (SSSR count). The summed E-state index contributed by atoms with van der Waals surface area (Å²) in [5.41, 5.74) is 0. The largest absolute Gasteiger partial charge is 0.435 e. The van der Waals surface area contributed by atoms with E-state index in [-0.39, 0.29) is 17.8 Å². The van der Waals surface area contributed by atoms with Crippen LogP contribution in [-0.2, 0) is 19.2 Å². The standard InChI is InChI=1S/C15H24O5/c1-8-4-5-11-9(2)13(16)18-14-12(11)10(8)6-7-15(3,19-14)20-17/h8-12,14,17H,4-7H2,1-3H3/t8-,9-,10+,11+,12?,14-,15?/m1/s1. The quantitative estimate of drug-likeness (QED) is 0.455. The van der Waals surface area contributed by atoms with Gasteiger partial charge in [0, 0.05) is 12.3 Å². The maximum atomic E-state index is 12.0. The van der Waals surface area contributed by atoms with Gasteiger partial charge in [-0.2, -0.15) is 0 Å². The highest BCUT2D eigenvalue weighted by molar-refractivity contribution is 5.73. The zero-order valence-electron chi connectivity index (χ0n) is 12.4. The van der Waals surface area contributed by atoms with Gasteiger partial charge in [-0.25, -0.2) is 10.1 Å². The molecule has 0 bridgehead atoms. The normalized spacial score (nSPS) is 51.9. The first-order valence-corrected chi connectivity index (χ1v) is 7.66. The highest BCUT2D eigenvalue weighted by atomic mass is 17.1.